The smallest absolute Gasteiger partial charge is 0.416 e. The van der Waals surface area contributed by atoms with Gasteiger partial charge in [-0.15, -0.1) is 0 Å². The molecule has 1 atom stereocenters. The monoisotopic (exact) mass is 522 g/mol. The second-order valence-electron chi connectivity index (χ2n) is 7.77. The summed E-state index contributed by atoms with van der Waals surface area (Å²) in [5, 5.41) is 21.6. The van der Waals surface area contributed by atoms with Crippen LogP contribution in [0.25, 0.3) is 11.0 Å². The van der Waals surface area contributed by atoms with Gasteiger partial charge in [0.05, 0.1) is 35.9 Å². The van der Waals surface area contributed by atoms with Crippen molar-refractivity contribution < 1.29 is 32.9 Å². The SMILES string of the molecule is OCC(O)COCCn1ccc2ncnc(Nc3ccc(Oc4cccc(C(F)(F)F)c4)c(Cl)c3)c21. The number of hydrogen-bond donors (Lipinski definition) is 3. The maximum absolute atomic E-state index is 13.0. The van der Waals surface area contributed by atoms with Crippen LogP contribution in [0.2, 0.25) is 5.02 Å². The van der Waals surface area contributed by atoms with Crippen molar-refractivity contribution in [1.29, 1.82) is 0 Å². The fraction of sp³-hybridized carbons (Fsp3) is 0.250. The second-order valence-corrected chi connectivity index (χ2v) is 8.18. The predicted molar refractivity (Wildman–Crippen MR) is 128 cm³/mol. The summed E-state index contributed by atoms with van der Waals surface area (Å²) in [4.78, 5) is 8.58. The van der Waals surface area contributed by atoms with E-state index in [0.717, 1.165) is 12.1 Å². The summed E-state index contributed by atoms with van der Waals surface area (Å²) in [6, 6.07) is 11.1. The van der Waals surface area contributed by atoms with Crippen molar-refractivity contribution in [3.8, 4) is 11.5 Å². The highest BCUT2D eigenvalue weighted by atomic mass is 35.5. The Balaban J connectivity index is 1.49. The Labute approximate surface area is 208 Å². The molecule has 0 spiro atoms. The summed E-state index contributed by atoms with van der Waals surface area (Å²) in [5.74, 6) is 0.708. The van der Waals surface area contributed by atoms with Gasteiger partial charge in [-0.05, 0) is 42.5 Å². The molecule has 0 amide bonds. The van der Waals surface area contributed by atoms with E-state index in [-0.39, 0.29) is 29.7 Å². The van der Waals surface area contributed by atoms with E-state index in [0.29, 0.717) is 35.7 Å². The van der Waals surface area contributed by atoms with E-state index >= 15 is 0 Å². The van der Waals surface area contributed by atoms with Crippen LogP contribution in [0.15, 0.2) is 61.1 Å². The maximum Gasteiger partial charge on any atom is 0.416 e. The predicted octanol–water partition coefficient (Wildman–Crippen LogP) is 5.01. The lowest BCUT2D eigenvalue weighted by Gasteiger charge is -2.14. The third-order valence-corrected chi connectivity index (χ3v) is 5.43. The molecule has 190 valence electrons. The Morgan fingerprint density at radius 1 is 1.11 bits per heavy atom. The first-order valence-electron chi connectivity index (χ1n) is 10.8. The van der Waals surface area contributed by atoms with Gasteiger partial charge in [0.15, 0.2) is 5.82 Å². The Morgan fingerprint density at radius 2 is 1.94 bits per heavy atom. The summed E-state index contributed by atoms with van der Waals surface area (Å²) >= 11 is 6.35. The summed E-state index contributed by atoms with van der Waals surface area (Å²) in [6.07, 6.45) is -2.17. The fourth-order valence-electron chi connectivity index (χ4n) is 3.41. The van der Waals surface area contributed by atoms with Crippen molar-refractivity contribution in [3.63, 3.8) is 0 Å². The molecule has 12 heteroatoms. The van der Waals surface area contributed by atoms with Crippen LogP contribution in [-0.2, 0) is 17.5 Å². The minimum absolute atomic E-state index is 0.0106. The Morgan fingerprint density at radius 3 is 2.69 bits per heavy atom. The number of aromatic nitrogens is 3. The van der Waals surface area contributed by atoms with Crippen molar-refractivity contribution in [2.45, 2.75) is 18.8 Å². The lowest BCUT2D eigenvalue weighted by atomic mass is 10.2. The standard InChI is InChI=1S/C24H22ClF3N4O4/c25-19-11-16(4-5-21(19)36-18-3-1-2-15(10-18)24(26,27)28)31-23-22-20(29-14-30-23)6-7-32(22)8-9-35-13-17(34)12-33/h1-7,10-11,14,17,33-34H,8-9,12-13H2,(H,29,30,31). The van der Waals surface area contributed by atoms with Crippen molar-refractivity contribution in [2.75, 3.05) is 25.1 Å². The Hall–Kier alpha value is -3.38. The number of ether oxygens (including phenoxy) is 2. The average Bonchev–Trinajstić information content (AvgIpc) is 3.27. The maximum atomic E-state index is 13.0. The molecule has 4 aromatic rings. The van der Waals surface area contributed by atoms with Gasteiger partial charge in [0.1, 0.15) is 29.4 Å². The first kappa shape index (κ1) is 25.7. The van der Waals surface area contributed by atoms with Crippen LogP contribution >= 0.6 is 11.6 Å². The molecule has 0 aliphatic rings. The summed E-state index contributed by atoms with van der Waals surface area (Å²) in [5.41, 5.74) is 1.16. The Kier molecular flexibility index (Phi) is 7.94. The number of nitrogens with one attached hydrogen (secondary N) is 1. The summed E-state index contributed by atoms with van der Waals surface area (Å²) in [6.45, 7) is 0.391. The zero-order chi connectivity index (χ0) is 25.7. The number of anilines is 2. The number of halogens is 4. The minimum Gasteiger partial charge on any atom is -0.456 e. The highest BCUT2D eigenvalue weighted by Crippen LogP contribution is 2.36. The van der Waals surface area contributed by atoms with E-state index in [1.165, 1.54) is 18.5 Å². The first-order chi connectivity index (χ1) is 17.2. The highest BCUT2D eigenvalue weighted by molar-refractivity contribution is 6.32. The van der Waals surface area contributed by atoms with Crippen LogP contribution in [0.4, 0.5) is 24.7 Å². The zero-order valence-corrected chi connectivity index (χ0v) is 19.5. The molecule has 0 saturated heterocycles. The number of benzene rings is 2. The Bertz CT molecular complexity index is 1330. The molecule has 4 rings (SSSR count). The number of aliphatic hydroxyl groups is 2. The average molecular weight is 523 g/mol. The third kappa shape index (κ3) is 6.24. The highest BCUT2D eigenvalue weighted by Gasteiger charge is 2.30. The van der Waals surface area contributed by atoms with Crippen LogP contribution in [0, 0.1) is 0 Å². The first-order valence-corrected chi connectivity index (χ1v) is 11.2. The van der Waals surface area contributed by atoms with Gasteiger partial charge in [0.2, 0.25) is 0 Å². The van der Waals surface area contributed by atoms with Gasteiger partial charge in [-0.3, -0.25) is 0 Å². The van der Waals surface area contributed by atoms with Crippen molar-refractivity contribution in [3.05, 3.63) is 71.6 Å². The molecule has 2 heterocycles. The van der Waals surface area contributed by atoms with Crippen LogP contribution < -0.4 is 10.1 Å². The van der Waals surface area contributed by atoms with E-state index in [4.69, 9.17) is 26.2 Å². The molecular formula is C24H22ClF3N4O4. The number of fused-ring (bicyclic) bond motifs is 1. The van der Waals surface area contributed by atoms with Gasteiger partial charge >= 0.3 is 6.18 Å². The van der Waals surface area contributed by atoms with Gasteiger partial charge in [-0.25, -0.2) is 9.97 Å². The molecule has 2 aromatic heterocycles. The van der Waals surface area contributed by atoms with Gasteiger partial charge in [0, 0.05) is 18.4 Å². The zero-order valence-electron chi connectivity index (χ0n) is 18.7. The van der Waals surface area contributed by atoms with E-state index in [2.05, 4.69) is 15.3 Å². The van der Waals surface area contributed by atoms with E-state index < -0.39 is 17.8 Å². The molecule has 1 unspecified atom stereocenters. The second kappa shape index (κ2) is 11.1. The number of aliphatic hydroxyl groups excluding tert-OH is 2. The lowest BCUT2D eigenvalue weighted by molar-refractivity contribution is -0.137. The van der Waals surface area contributed by atoms with Crippen LogP contribution in [-0.4, -0.2) is 50.7 Å². The molecular weight excluding hydrogens is 501 g/mol. The van der Waals surface area contributed by atoms with Crippen LogP contribution in [0.5, 0.6) is 11.5 Å². The third-order valence-electron chi connectivity index (χ3n) is 5.13. The molecule has 8 nitrogen and oxygen atoms in total. The molecule has 0 bridgehead atoms. The molecule has 0 fully saturated rings. The minimum atomic E-state index is -4.48. The number of alkyl halides is 3. The van der Waals surface area contributed by atoms with E-state index in [9.17, 15) is 18.3 Å². The molecule has 0 aliphatic heterocycles. The largest absolute Gasteiger partial charge is 0.456 e. The van der Waals surface area contributed by atoms with Crippen molar-refractivity contribution >= 4 is 34.1 Å². The molecule has 0 saturated carbocycles. The van der Waals surface area contributed by atoms with Gasteiger partial charge in [-0.2, -0.15) is 13.2 Å². The molecule has 0 radical (unpaired) electrons. The lowest BCUT2D eigenvalue weighted by Crippen LogP contribution is -2.20. The van der Waals surface area contributed by atoms with Crippen LogP contribution in [0.1, 0.15) is 5.56 Å². The quantitative estimate of drug-likeness (QED) is 0.252. The van der Waals surface area contributed by atoms with Gasteiger partial charge in [-0.1, -0.05) is 17.7 Å². The molecule has 2 aromatic carbocycles. The van der Waals surface area contributed by atoms with Gasteiger partial charge in [0.25, 0.3) is 0 Å². The molecule has 0 aliphatic carbocycles. The summed E-state index contributed by atoms with van der Waals surface area (Å²) in [7, 11) is 0. The summed E-state index contributed by atoms with van der Waals surface area (Å²) < 4.78 is 51.7. The van der Waals surface area contributed by atoms with Crippen molar-refractivity contribution in [2.24, 2.45) is 0 Å². The number of nitrogens with zero attached hydrogens (tertiary/aromatic N) is 3. The van der Waals surface area contributed by atoms with Gasteiger partial charge < -0.3 is 29.6 Å². The number of hydrogen-bond acceptors (Lipinski definition) is 7. The van der Waals surface area contributed by atoms with Crippen LogP contribution in [0.3, 0.4) is 0 Å². The molecule has 36 heavy (non-hydrogen) atoms. The fourth-order valence-corrected chi connectivity index (χ4v) is 3.63. The molecule has 3 N–H and O–H groups in total. The number of rotatable bonds is 10. The topological polar surface area (TPSA) is 102 Å². The normalized spacial score (nSPS) is 12.6. The van der Waals surface area contributed by atoms with Crippen molar-refractivity contribution in [1.82, 2.24) is 14.5 Å². The van der Waals surface area contributed by atoms with E-state index in [1.54, 1.807) is 18.2 Å². The van der Waals surface area contributed by atoms with E-state index in [1.807, 2.05) is 16.8 Å².